The number of hydrogen-bond acceptors (Lipinski definition) is 3. The average molecular weight is 262 g/mol. The largest absolute Gasteiger partial charge is 0.427 e. The van der Waals surface area contributed by atoms with Gasteiger partial charge in [0, 0.05) is 0 Å². The molecule has 0 atom stereocenters. The van der Waals surface area contributed by atoms with E-state index in [4.69, 9.17) is 4.55 Å². The molecule has 1 N–H and O–H groups in total. The van der Waals surface area contributed by atoms with Gasteiger partial charge in [-0.3, -0.25) is 4.55 Å². The van der Waals surface area contributed by atoms with Gasteiger partial charge in [0.2, 0.25) is 0 Å². The maximum absolute atomic E-state index is 11.9. The monoisotopic (exact) mass is 262 g/mol. The molecule has 0 fully saturated rings. The third-order valence-corrected chi connectivity index (χ3v) is 1.90. The van der Waals surface area contributed by atoms with E-state index in [-0.39, 0.29) is 0 Å². The predicted molar refractivity (Wildman–Crippen MR) is 33.1 cm³/mol. The van der Waals surface area contributed by atoms with Crippen molar-refractivity contribution in [1.82, 2.24) is 0 Å². The molecular weight excluding hydrogens is 258 g/mol. The van der Waals surface area contributed by atoms with Crippen LogP contribution in [0.25, 0.3) is 0 Å². The Morgan fingerprint density at radius 3 is 1.33 bits per heavy atom. The molecule has 0 heterocycles. The van der Waals surface area contributed by atoms with E-state index in [1.165, 1.54) is 0 Å². The van der Waals surface area contributed by atoms with Gasteiger partial charge >= 0.3 is 22.8 Å². The minimum atomic E-state index is -6.04. The van der Waals surface area contributed by atoms with E-state index >= 15 is 0 Å². The summed E-state index contributed by atoms with van der Waals surface area (Å²) in [4.78, 5) is 0. The summed E-state index contributed by atoms with van der Waals surface area (Å²) >= 11 is 0. The van der Waals surface area contributed by atoms with Crippen LogP contribution in [0.5, 0.6) is 0 Å². The fourth-order valence-corrected chi connectivity index (χ4v) is 1.08. The van der Waals surface area contributed by atoms with Crippen molar-refractivity contribution < 1.29 is 43.5 Å². The molecule has 0 spiro atoms. The SMILES string of the molecule is CC(OS(=O)(=O)O)(C(F)(F)F)C(F)(F)F. The first-order chi connectivity index (χ1) is 6.21. The van der Waals surface area contributed by atoms with Crippen molar-refractivity contribution >= 4 is 10.4 Å². The standard InChI is InChI=1S/C4H4F6O4S/c1-2(3(5,6)7,4(8,9)10)14-15(11,12)13/h1H3,(H,11,12,13). The fourth-order valence-electron chi connectivity index (χ4n) is 0.466. The molecule has 92 valence electrons. The zero-order valence-electron chi connectivity index (χ0n) is 6.85. The molecule has 0 aliphatic carbocycles. The van der Waals surface area contributed by atoms with Gasteiger partial charge in [-0.15, -0.1) is 0 Å². The number of alkyl halides is 6. The van der Waals surface area contributed by atoms with Crippen molar-refractivity contribution in [3.8, 4) is 0 Å². The van der Waals surface area contributed by atoms with Crippen LogP contribution >= 0.6 is 0 Å². The van der Waals surface area contributed by atoms with Crippen molar-refractivity contribution in [2.24, 2.45) is 0 Å². The normalized spacial score (nSPS) is 15.5. The molecular formula is C4H4F6O4S. The van der Waals surface area contributed by atoms with Gasteiger partial charge in [0.1, 0.15) is 0 Å². The highest BCUT2D eigenvalue weighted by Gasteiger charge is 2.71. The molecule has 15 heavy (non-hydrogen) atoms. The number of halogens is 6. The smallest absolute Gasteiger partial charge is 0.264 e. The summed E-state index contributed by atoms with van der Waals surface area (Å²) in [6.45, 7) is -0.555. The van der Waals surface area contributed by atoms with Gasteiger partial charge in [-0.25, -0.2) is 4.18 Å². The summed E-state index contributed by atoms with van der Waals surface area (Å²) in [6, 6.07) is 0. The maximum atomic E-state index is 11.9. The van der Waals surface area contributed by atoms with E-state index in [0.29, 0.717) is 0 Å². The van der Waals surface area contributed by atoms with Crippen LogP contribution in [-0.2, 0) is 14.6 Å². The third-order valence-electron chi connectivity index (χ3n) is 1.35. The molecule has 0 aliphatic rings. The Kier molecular flexibility index (Phi) is 3.36. The second-order valence-corrected chi connectivity index (χ2v) is 3.56. The average Bonchev–Trinajstić information content (AvgIpc) is 1.77. The molecule has 0 aromatic rings. The number of hydrogen-bond donors (Lipinski definition) is 1. The van der Waals surface area contributed by atoms with Gasteiger partial charge in [0.25, 0.3) is 5.60 Å². The molecule has 0 unspecified atom stereocenters. The third kappa shape index (κ3) is 3.21. The maximum Gasteiger partial charge on any atom is 0.427 e. The van der Waals surface area contributed by atoms with E-state index in [1.807, 2.05) is 0 Å². The highest BCUT2D eigenvalue weighted by molar-refractivity contribution is 7.80. The quantitative estimate of drug-likeness (QED) is 0.607. The van der Waals surface area contributed by atoms with Crippen LogP contribution in [0.1, 0.15) is 6.92 Å². The van der Waals surface area contributed by atoms with Gasteiger partial charge in [-0.05, 0) is 6.92 Å². The second kappa shape index (κ2) is 3.49. The van der Waals surface area contributed by atoms with Gasteiger partial charge in [0.05, 0.1) is 0 Å². The summed E-state index contributed by atoms with van der Waals surface area (Å²) in [6.07, 6.45) is -12.1. The summed E-state index contributed by atoms with van der Waals surface area (Å²) in [7, 11) is -5.89. The Morgan fingerprint density at radius 1 is 1.00 bits per heavy atom. The minimum absolute atomic E-state index is 0.555. The van der Waals surface area contributed by atoms with Crippen LogP contribution in [0.15, 0.2) is 0 Å². The Morgan fingerprint density at radius 2 is 1.27 bits per heavy atom. The van der Waals surface area contributed by atoms with Crippen molar-refractivity contribution in [1.29, 1.82) is 0 Å². The summed E-state index contributed by atoms with van der Waals surface area (Å²) in [5.41, 5.74) is -4.98. The molecule has 0 saturated carbocycles. The first-order valence-corrected chi connectivity index (χ1v) is 4.39. The van der Waals surface area contributed by atoms with Crippen LogP contribution < -0.4 is 0 Å². The van der Waals surface area contributed by atoms with Crippen LogP contribution in [-0.4, -0.2) is 30.9 Å². The fraction of sp³-hybridized carbons (Fsp3) is 1.00. The van der Waals surface area contributed by atoms with Crippen molar-refractivity contribution in [2.45, 2.75) is 24.9 Å². The summed E-state index contributed by atoms with van der Waals surface area (Å²) in [5, 5.41) is 0. The molecule has 0 bridgehead atoms. The zero-order chi connectivity index (χ0) is 12.7. The lowest BCUT2D eigenvalue weighted by molar-refractivity contribution is -0.350. The lowest BCUT2D eigenvalue weighted by Gasteiger charge is -2.31. The Balaban J connectivity index is 5.45. The molecule has 0 aromatic carbocycles. The highest BCUT2D eigenvalue weighted by Crippen LogP contribution is 2.46. The summed E-state index contributed by atoms with van der Waals surface area (Å²) in [5.74, 6) is 0. The van der Waals surface area contributed by atoms with Crippen LogP contribution in [0.4, 0.5) is 26.3 Å². The molecule has 0 radical (unpaired) electrons. The first-order valence-electron chi connectivity index (χ1n) is 3.02. The Labute approximate surface area is 79.8 Å². The Bertz CT molecular complexity index is 312. The van der Waals surface area contributed by atoms with Crippen molar-refractivity contribution in [3.05, 3.63) is 0 Å². The minimum Gasteiger partial charge on any atom is -0.264 e. The highest BCUT2D eigenvalue weighted by atomic mass is 32.3. The van der Waals surface area contributed by atoms with Crippen LogP contribution in [0, 0.1) is 0 Å². The predicted octanol–water partition coefficient (Wildman–Crippen LogP) is 1.69. The van der Waals surface area contributed by atoms with Crippen molar-refractivity contribution in [2.75, 3.05) is 0 Å². The lowest BCUT2D eigenvalue weighted by atomic mass is 10.1. The Hall–Kier alpha value is -0.550. The van der Waals surface area contributed by atoms with Crippen LogP contribution in [0.3, 0.4) is 0 Å². The number of rotatable bonds is 2. The molecule has 0 aromatic heterocycles. The molecule has 11 heteroatoms. The zero-order valence-corrected chi connectivity index (χ0v) is 7.66. The van der Waals surface area contributed by atoms with E-state index in [9.17, 15) is 34.8 Å². The van der Waals surface area contributed by atoms with E-state index in [1.54, 1.807) is 0 Å². The molecule has 0 aliphatic heterocycles. The second-order valence-electron chi connectivity index (χ2n) is 2.54. The first kappa shape index (κ1) is 14.5. The van der Waals surface area contributed by atoms with Crippen LogP contribution in [0.2, 0.25) is 0 Å². The van der Waals surface area contributed by atoms with Gasteiger partial charge in [-0.1, -0.05) is 0 Å². The van der Waals surface area contributed by atoms with Gasteiger partial charge in [-0.2, -0.15) is 34.8 Å². The van der Waals surface area contributed by atoms with Gasteiger partial charge in [0.15, 0.2) is 0 Å². The van der Waals surface area contributed by atoms with E-state index in [0.717, 1.165) is 0 Å². The molecule has 0 amide bonds. The lowest BCUT2D eigenvalue weighted by Crippen LogP contribution is -2.57. The topological polar surface area (TPSA) is 63.6 Å². The van der Waals surface area contributed by atoms with E-state index < -0.39 is 35.3 Å². The molecule has 0 rings (SSSR count). The summed E-state index contributed by atoms with van der Waals surface area (Å²) < 4.78 is 102. The molecule has 4 nitrogen and oxygen atoms in total. The molecule has 0 saturated heterocycles. The van der Waals surface area contributed by atoms with Crippen molar-refractivity contribution in [3.63, 3.8) is 0 Å². The van der Waals surface area contributed by atoms with E-state index in [2.05, 4.69) is 4.18 Å². The van der Waals surface area contributed by atoms with Gasteiger partial charge < -0.3 is 0 Å².